The standard InChI is InChI=1S/C12H12BrF2NO2S/c1-17-8-3-4-9-10(7-8)18-11(16-9)19-6-2-5-12(13,14)15/h3-4,7H,2,5-6H2,1H3. The molecular formula is C12H12BrF2NO2S. The third-order valence-corrected chi connectivity index (χ3v) is 3.72. The molecule has 0 aliphatic rings. The zero-order chi connectivity index (χ0) is 13.9. The van der Waals surface area contributed by atoms with E-state index >= 15 is 0 Å². The summed E-state index contributed by atoms with van der Waals surface area (Å²) in [5.74, 6) is 1.23. The molecule has 0 saturated heterocycles. The quantitative estimate of drug-likeness (QED) is 0.429. The van der Waals surface area contributed by atoms with Gasteiger partial charge in [-0.05, 0) is 34.5 Å². The number of nitrogens with zero attached hydrogens (tertiary/aromatic N) is 1. The molecule has 1 heterocycles. The second-order valence-electron chi connectivity index (χ2n) is 3.88. The van der Waals surface area contributed by atoms with Crippen LogP contribution in [0.15, 0.2) is 27.8 Å². The summed E-state index contributed by atoms with van der Waals surface area (Å²) in [5, 5.41) is 0.487. The Morgan fingerprint density at radius 1 is 1.47 bits per heavy atom. The fourth-order valence-electron chi connectivity index (χ4n) is 1.50. The lowest BCUT2D eigenvalue weighted by Crippen LogP contribution is -2.04. The molecule has 0 aliphatic carbocycles. The number of hydrogen-bond donors (Lipinski definition) is 0. The Balaban J connectivity index is 1.94. The van der Waals surface area contributed by atoms with Crippen LogP contribution in [0.3, 0.4) is 0 Å². The number of benzene rings is 1. The highest BCUT2D eigenvalue weighted by atomic mass is 79.9. The monoisotopic (exact) mass is 351 g/mol. The van der Waals surface area contributed by atoms with Crippen LogP contribution >= 0.6 is 27.7 Å². The first kappa shape index (κ1) is 14.6. The van der Waals surface area contributed by atoms with Gasteiger partial charge in [0, 0.05) is 18.2 Å². The van der Waals surface area contributed by atoms with Crippen LogP contribution < -0.4 is 4.74 Å². The first-order valence-corrected chi connectivity index (χ1v) is 7.40. The predicted octanol–water partition coefficient (Wildman–Crippen LogP) is 4.70. The summed E-state index contributed by atoms with van der Waals surface area (Å²) in [4.78, 5) is 1.47. The highest BCUT2D eigenvalue weighted by Crippen LogP contribution is 2.30. The number of oxazole rings is 1. The molecule has 2 rings (SSSR count). The Labute approximate surface area is 121 Å². The van der Waals surface area contributed by atoms with Gasteiger partial charge in [0.1, 0.15) is 11.3 Å². The van der Waals surface area contributed by atoms with E-state index in [4.69, 9.17) is 9.15 Å². The SMILES string of the molecule is COc1ccc2nc(SCCCC(F)(F)Br)oc2c1. The van der Waals surface area contributed by atoms with Crippen LogP contribution in [0.4, 0.5) is 8.78 Å². The summed E-state index contributed by atoms with van der Waals surface area (Å²) in [6.45, 7) is 0. The van der Waals surface area contributed by atoms with Crippen LogP contribution in [0, 0.1) is 0 Å². The molecule has 1 aromatic carbocycles. The van der Waals surface area contributed by atoms with Crippen molar-refractivity contribution in [3.8, 4) is 5.75 Å². The van der Waals surface area contributed by atoms with Crippen molar-refractivity contribution >= 4 is 38.8 Å². The number of aromatic nitrogens is 1. The number of fused-ring (bicyclic) bond motifs is 1. The van der Waals surface area contributed by atoms with Gasteiger partial charge in [-0.25, -0.2) is 4.98 Å². The normalized spacial score (nSPS) is 12.0. The number of rotatable bonds is 6. The third-order valence-electron chi connectivity index (χ3n) is 2.41. The summed E-state index contributed by atoms with van der Waals surface area (Å²) in [6, 6.07) is 5.35. The fourth-order valence-corrected chi connectivity index (χ4v) is 2.56. The van der Waals surface area contributed by atoms with Crippen LogP contribution in [0.5, 0.6) is 5.75 Å². The maximum atomic E-state index is 12.6. The van der Waals surface area contributed by atoms with E-state index in [2.05, 4.69) is 20.9 Å². The molecule has 0 unspecified atom stereocenters. The van der Waals surface area contributed by atoms with Gasteiger partial charge in [0.2, 0.25) is 0 Å². The Kier molecular flexibility index (Phi) is 4.67. The molecule has 3 nitrogen and oxygen atoms in total. The third kappa shape index (κ3) is 4.35. The second-order valence-corrected chi connectivity index (χ2v) is 6.09. The van der Waals surface area contributed by atoms with E-state index in [1.807, 2.05) is 0 Å². The molecule has 0 spiro atoms. The Bertz CT molecular complexity index is 556. The minimum absolute atomic E-state index is 0.200. The molecule has 0 saturated carbocycles. The van der Waals surface area contributed by atoms with Crippen LogP contribution in [-0.2, 0) is 0 Å². The average Bonchev–Trinajstić information content (AvgIpc) is 2.75. The maximum Gasteiger partial charge on any atom is 0.301 e. The lowest BCUT2D eigenvalue weighted by Gasteiger charge is -2.05. The van der Waals surface area contributed by atoms with Crippen molar-refractivity contribution < 1.29 is 17.9 Å². The summed E-state index contributed by atoms with van der Waals surface area (Å²) in [7, 11) is 1.58. The van der Waals surface area contributed by atoms with E-state index in [1.165, 1.54) is 11.8 Å². The molecule has 2 aromatic rings. The van der Waals surface area contributed by atoms with Gasteiger partial charge >= 0.3 is 4.83 Å². The number of thioether (sulfide) groups is 1. The van der Waals surface area contributed by atoms with Crippen molar-refractivity contribution in [3.63, 3.8) is 0 Å². The smallest absolute Gasteiger partial charge is 0.301 e. The van der Waals surface area contributed by atoms with E-state index in [0.29, 0.717) is 28.7 Å². The Morgan fingerprint density at radius 3 is 2.95 bits per heavy atom. The van der Waals surface area contributed by atoms with Gasteiger partial charge in [-0.15, -0.1) is 0 Å². The van der Waals surface area contributed by atoms with E-state index in [1.54, 1.807) is 25.3 Å². The van der Waals surface area contributed by atoms with Gasteiger partial charge in [-0.2, -0.15) is 8.78 Å². The fraction of sp³-hybridized carbons (Fsp3) is 0.417. The summed E-state index contributed by atoms with van der Waals surface area (Å²) < 4.78 is 35.7. The number of alkyl halides is 3. The van der Waals surface area contributed by atoms with E-state index in [9.17, 15) is 8.78 Å². The molecule has 7 heteroatoms. The first-order valence-electron chi connectivity index (χ1n) is 5.62. The number of methoxy groups -OCH3 is 1. The summed E-state index contributed by atoms with van der Waals surface area (Å²) >= 11 is 3.64. The van der Waals surface area contributed by atoms with Crippen molar-refractivity contribution in [1.29, 1.82) is 0 Å². The zero-order valence-corrected chi connectivity index (χ0v) is 12.6. The highest BCUT2D eigenvalue weighted by Gasteiger charge is 2.22. The molecule has 0 N–H and O–H groups in total. The van der Waals surface area contributed by atoms with Crippen LogP contribution in [0.1, 0.15) is 12.8 Å². The van der Waals surface area contributed by atoms with Gasteiger partial charge in [0.25, 0.3) is 5.22 Å². The van der Waals surface area contributed by atoms with E-state index in [-0.39, 0.29) is 6.42 Å². The molecule has 1 aromatic heterocycles. The lowest BCUT2D eigenvalue weighted by molar-refractivity contribution is 0.104. The number of hydrogen-bond acceptors (Lipinski definition) is 4. The molecule has 0 atom stereocenters. The molecule has 0 fully saturated rings. The zero-order valence-electron chi connectivity index (χ0n) is 10.2. The van der Waals surface area contributed by atoms with Gasteiger partial charge in [0.05, 0.1) is 7.11 Å². The maximum absolute atomic E-state index is 12.6. The van der Waals surface area contributed by atoms with Crippen molar-refractivity contribution in [1.82, 2.24) is 4.98 Å². The number of halogens is 3. The van der Waals surface area contributed by atoms with Crippen LogP contribution in [0.2, 0.25) is 0 Å². The summed E-state index contributed by atoms with van der Waals surface area (Å²) in [5.41, 5.74) is 1.36. The molecule has 0 amide bonds. The predicted molar refractivity (Wildman–Crippen MR) is 74.4 cm³/mol. The topological polar surface area (TPSA) is 35.3 Å². The van der Waals surface area contributed by atoms with E-state index < -0.39 is 4.83 Å². The first-order chi connectivity index (χ1) is 8.98. The van der Waals surface area contributed by atoms with Gasteiger partial charge in [-0.3, -0.25) is 0 Å². The van der Waals surface area contributed by atoms with Crippen molar-refractivity contribution in [2.45, 2.75) is 22.9 Å². The largest absolute Gasteiger partial charge is 0.497 e. The molecular weight excluding hydrogens is 340 g/mol. The second kappa shape index (κ2) is 6.09. The Hall–Kier alpha value is -0.820. The molecule has 0 bridgehead atoms. The number of ether oxygens (including phenoxy) is 1. The minimum Gasteiger partial charge on any atom is -0.497 e. The van der Waals surface area contributed by atoms with Gasteiger partial charge in [-0.1, -0.05) is 11.8 Å². The Morgan fingerprint density at radius 2 is 2.26 bits per heavy atom. The lowest BCUT2D eigenvalue weighted by atomic mass is 10.3. The van der Waals surface area contributed by atoms with Gasteiger partial charge in [0.15, 0.2) is 5.58 Å². The van der Waals surface area contributed by atoms with E-state index in [0.717, 1.165) is 5.52 Å². The van der Waals surface area contributed by atoms with Crippen molar-refractivity contribution in [3.05, 3.63) is 18.2 Å². The average molecular weight is 352 g/mol. The van der Waals surface area contributed by atoms with Gasteiger partial charge < -0.3 is 9.15 Å². The molecule has 0 aliphatic heterocycles. The van der Waals surface area contributed by atoms with Crippen molar-refractivity contribution in [2.24, 2.45) is 0 Å². The van der Waals surface area contributed by atoms with Crippen LogP contribution in [0.25, 0.3) is 11.1 Å². The van der Waals surface area contributed by atoms with Crippen LogP contribution in [-0.4, -0.2) is 22.7 Å². The minimum atomic E-state index is -2.79. The summed E-state index contributed by atoms with van der Waals surface area (Å²) in [6.07, 6.45) is 0.180. The highest BCUT2D eigenvalue weighted by molar-refractivity contribution is 9.09. The molecule has 19 heavy (non-hydrogen) atoms. The molecule has 104 valence electrons. The van der Waals surface area contributed by atoms with Crippen molar-refractivity contribution in [2.75, 3.05) is 12.9 Å². The molecule has 0 radical (unpaired) electrons.